The Morgan fingerprint density at radius 2 is 1.88 bits per heavy atom. The van der Waals surface area contributed by atoms with Crippen LogP contribution in [-0.2, 0) is 41.2 Å². The molecule has 2 aliphatic carbocycles. The van der Waals surface area contributed by atoms with Crippen molar-refractivity contribution in [1.82, 2.24) is 14.9 Å². The lowest BCUT2D eigenvalue weighted by molar-refractivity contribution is -0.135. The van der Waals surface area contributed by atoms with E-state index in [2.05, 4.69) is 32.0 Å². The number of benzene rings is 2. The van der Waals surface area contributed by atoms with E-state index in [1.54, 1.807) is 32.2 Å². The second-order valence-electron chi connectivity index (χ2n) is 16.4. The maximum absolute atomic E-state index is 13.4. The molecule has 7 rings (SSSR count). The number of amides is 1. The molecule has 15 heteroatoms. The molecule has 56 heavy (non-hydrogen) atoms. The number of nitrogens with zero attached hydrogens (tertiary/aromatic N) is 2. The maximum Gasteiger partial charge on any atom is 0.264 e. The van der Waals surface area contributed by atoms with Gasteiger partial charge in [-0.2, -0.15) is 0 Å². The van der Waals surface area contributed by atoms with Gasteiger partial charge in [0.05, 0.1) is 23.3 Å². The largest absolute Gasteiger partial charge is 0.490 e. The minimum absolute atomic E-state index is 0.0434. The second kappa shape index (κ2) is 17.5. The normalized spacial score (nSPS) is 31.2. The van der Waals surface area contributed by atoms with Crippen molar-refractivity contribution in [2.75, 3.05) is 76.4 Å². The Kier molecular flexibility index (Phi) is 13.3. The van der Waals surface area contributed by atoms with Gasteiger partial charge in [0.15, 0.2) is 6.29 Å². The fraction of sp³-hybridized carbons (Fsp3) is 0.610. The number of hydrogen-bond donors (Lipinski definition) is 2. The molecule has 12 nitrogen and oxygen atoms in total. The zero-order chi connectivity index (χ0) is 40.3. The number of aryl methyl sites for hydroxylation is 1. The first kappa shape index (κ1) is 42.6. The van der Waals surface area contributed by atoms with Gasteiger partial charge in [0.2, 0.25) is 10.0 Å². The number of piperazine rings is 1. The molecule has 1 saturated heterocycles. The number of aldehydes is 1. The summed E-state index contributed by atoms with van der Waals surface area (Å²) in [6.45, 7) is 9.74. The zero-order valence-electron chi connectivity index (χ0n) is 33.0. The lowest BCUT2D eigenvalue weighted by atomic mass is 9.64. The number of sulfone groups is 1. The van der Waals surface area contributed by atoms with Crippen molar-refractivity contribution < 1.29 is 35.9 Å². The number of methoxy groups -OCH3 is 1. The van der Waals surface area contributed by atoms with Gasteiger partial charge in [-0.05, 0) is 105 Å². The van der Waals surface area contributed by atoms with Crippen LogP contribution in [0.1, 0.15) is 67.4 Å². The van der Waals surface area contributed by atoms with Gasteiger partial charge in [0.1, 0.15) is 21.2 Å². The third-order valence-corrected chi connectivity index (χ3v) is 15.8. The number of anilines is 1. The predicted octanol–water partition coefficient (Wildman–Crippen LogP) is 4.40. The number of nitrogens with one attached hydrogen (secondary N) is 2. The van der Waals surface area contributed by atoms with Crippen LogP contribution in [0.2, 0.25) is 5.02 Å². The molecular formula is C41H57ClN4O8S2. The van der Waals surface area contributed by atoms with Gasteiger partial charge in [-0.3, -0.25) is 14.5 Å². The molecule has 5 aliphatic rings. The summed E-state index contributed by atoms with van der Waals surface area (Å²) in [6.07, 6.45) is 10.9. The first-order valence-electron chi connectivity index (χ1n) is 19.8. The van der Waals surface area contributed by atoms with Gasteiger partial charge in [-0.15, -0.1) is 0 Å². The Labute approximate surface area is 337 Å². The molecule has 6 atom stereocenters. The van der Waals surface area contributed by atoms with Crippen molar-refractivity contribution in [2.45, 2.75) is 68.6 Å². The lowest BCUT2D eigenvalue weighted by Gasteiger charge is -2.48. The minimum Gasteiger partial charge on any atom is -0.490 e. The number of rotatable bonds is 5. The van der Waals surface area contributed by atoms with E-state index in [1.165, 1.54) is 17.4 Å². The standard InChI is InChI=1S/C34H41ClN2O6S.C7H16N2O2S/c1-22-6-4-15-34(20-38,42-3)29-11-8-26(29)18-37-19-33(14-5-7-24-16-27(35)10-12-28(24)33)21-43-31-13-9-25(17-30(31)37)32(39)36-44(40,41)23(22)2;1-12(10,11)7-6-9-4-2-8-3-5-9/h4,9-10,12-13,15-17,20,22-23,26,29H,5-8,11,14,18-19,21H2,1-3H3,(H,36,39);8H,2-7H2,1H3/b15-4+;/t22-,23+,26-,29+,33-,34-;/m0./s1. The number of carbonyl (C=O) groups excluding carboxylic acids is 2. The Hall–Kier alpha value is -3.01. The van der Waals surface area contributed by atoms with E-state index in [1.807, 2.05) is 25.1 Å². The van der Waals surface area contributed by atoms with Crippen LogP contribution in [0.4, 0.5) is 5.69 Å². The predicted molar refractivity (Wildman–Crippen MR) is 220 cm³/mol. The van der Waals surface area contributed by atoms with Crippen LogP contribution in [0.5, 0.6) is 5.75 Å². The van der Waals surface area contributed by atoms with Crippen molar-refractivity contribution in [3.8, 4) is 5.75 Å². The van der Waals surface area contributed by atoms with E-state index >= 15 is 0 Å². The molecule has 2 N–H and O–H groups in total. The van der Waals surface area contributed by atoms with Crippen molar-refractivity contribution in [3.05, 3.63) is 70.3 Å². The second-order valence-corrected chi connectivity index (χ2v) is 21.2. The van der Waals surface area contributed by atoms with E-state index in [4.69, 9.17) is 21.1 Å². The van der Waals surface area contributed by atoms with Gasteiger partial charge < -0.3 is 19.7 Å². The maximum atomic E-state index is 13.4. The quantitative estimate of drug-likeness (QED) is 0.326. The van der Waals surface area contributed by atoms with E-state index in [0.29, 0.717) is 43.4 Å². The van der Waals surface area contributed by atoms with Gasteiger partial charge in [-0.25, -0.2) is 21.6 Å². The molecule has 2 bridgehead atoms. The van der Waals surface area contributed by atoms with E-state index in [0.717, 1.165) is 70.3 Å². The Morgan fingerprint density at radius 3 is 2.55 bits per heavy atom. The molecule has 2 aromatic carbocycles. The highest BCUT2D eigenvalue weighted by Crippen LogP contribution is 2.48. The highest BCUT2D eigenvalue weighted by Gasteiger charge is 2.49. The minimum atomic E-state index is -3.97. The molecule has 2 fully saturated rings. The van der Waals surface area contributed by atoms with Gasteiger partial charge >= 0.3 is 0 Å². The third-order valence-electron chi connectivity index (χ3n) is 12.7. The number of carbonyl (C=O) groups is 2. The topological polar surface area (TPSA) is 151 Å². The fourth-order valence-electron chi connectivity index (χ4n) is 8.91. The molecule has 1 saturated carbocycles. The van der Waals surface area contributed by atoms with Crippen molar-refractivity contribution >= 4 is 49.3 Å². The van der Waals surface area contributed by atoms with Crippen LogP contribution in [0.15, 0.2) is 48.6 Å². The molecule has 3 heterocycles. The third kappa shape index (κ3) is 9.47. The Morgan fingerprint density at radius 1 is 1.11 bits per heavy atom. The highest BCUT2D eigenvalue weighted by atomic mass is 35.5. The van der Waals surface area contributed by atoms with Gasteiger partial charge in [0, 0.05) is 81.1 Å². The number of fused-ring (bicyclic) bond motifs is 4. The smallest absolute Gasteiger partial charge is 0.264 e. The molecule has 0 aromatic heterocycles. The number of ether oxygens (including phenoxy) is 2. The zero-order valence-corrected chi connectivity index (χ0v) is 35.4. The molecule has 3 aliphatic heterocycles. The molecular weight excluding hydrogens is 776 g/mol. The molecule has 0 unspecified atom stereocenters. The van der Waals surface area contributed by atoms with E-state index in [-0.39, 0.29) is 34.5 Å². The summed E-state index contributed by atoms with van der Waals surface area (Å²) < 4.78 is 63.0. The molecule has 1 spiro atoms. The summed E-state index contributed by atoms with van der Waals surface area (Å²) in [7, 11) is -5.19. The lowest BCUT2D eigenvalue weighted by Crippen LogP contribution is -2.53. The van der Waals surface area contributed by atoms with Gasteiger partial charge in [0.25, 0.3) is 5.91 Å². The SMILES string of the molecule is CO[C@]1(C=O)/C=C/C[C@H](C)[C@@H](C)S(=O)(=O)NC(=O)c2ccc3c(c2)N(C[C@@H]2CC[C@H]21)C[C@@]1(CCCc2cc(Cl)ccc21)CO3.CS(=O)(=O)CCN1CCNCC1. The van der Waals surface area contributed by atoms with Crippen LogP contribution in [-0.4, -0.2) is 116 Å². The van der Waals surface area contributed by atoms with E-state index < -0.39 is 36.6 Å². The van der Waals surface area contributed by atoms with Crippen molar-refractivity contribution in [1.29, 1.82) is 0 Å². The Balaban J connectivity index is 0.000000380. The number of allylic oxidation sites excluding steroid dienone is 1. The van der Waals surface area contributed by atoms with Crippen LogP contribution in [0.3, 0.4) is 0 Å². The van der Waals surface area contributed by atoms with Crippen molar-refractivity contribution in [3.63, 3.8) is 0 Å². The highest BCUT2D eigenvalue weighted by molar-refractivity contribution is 7.90. The van der Waals surface area contributed by atoms with Crippen LogP contribution in [0.25, 0.3) is 0 Å². The van der Waals surface area contributed by atoms with E-state index in [9.17, 15) is 26.4 Å². The summed E-state index contributed by atoms with van der Waals surface area (Å²) in [4.78, 5) is 30.6. The van der Waals surface area contributed by atoms with Crippen LogP contribution in [0, 0.1) is 17.8 Å². The van der Waals surface area contributed by atoms with Crippen LogP contribution < -0.4 is 19.7 Å². The average molecular weight is 834 g/mol. The first-order chi connectivity index (χ1) is 26.6. The fourth-order valence-corrected chi connectivity index (χ4v) is 11.0. The molecule has 308 valence electrons. The Bertz CT molecular complexity index is 2010. The summed E-state index contributed by atoms with van der Waals surface area (Å²) in [5.41, 5.74) is 2.05. The van der Waals surface area contributed by atoms with Crippen molar-refractivity contribution in [2.24, 2.45) is 17.8 Å². The summed E-state index contributed by atoms with van der Waals surface area (Å²) in [6, 6.07) is 11.3. The molecule has 1 amide bonds. The number of sulfonamides is 1. The summed E-state index contributed by atoms with van der Waals surface area (Å²) >= 11 is 6.40. The summed E-state index contributed by atoms with van der Waals surface area (Å²) in [5, 5.41) is 3.10. The average Bonchev–Trinajstić information content (AvgIpc) is 3.31. The van der Waals surface area contributed by atoms with Crippen LogP contribution >= 0.6 is 11.6 Å². The summed E-state index contributed by atoms with van der Waals surface area (Å²) in [5.74, 6) is 0.0820. The molecule has 0 radical (unpaired) electrons. The monoisotopic (exact) mass is 832 g/mol. The molecule has 2 aromatic rings. The number of hydrogen-bond acceptors (Lipinski definition) is 11. The van der Waals surface area contributed by atoms with Gasteiger partial charge in [-0.1, -0.05) is 30.7 Å². The number of halogens is 1. The first-order valence-corrected chi connectivity index (χ1v) is 23.7.